The molecule has 0 saturated heterocycles. The van der Waals surface area contributed by atoms with Crippen LogP contribution in [0.25, 0.3) is 0 Å². The summed E-state index contributed by atoms with van der Waals surface area (Å²) < 4.78 is 0. The molecule has 1 heterocycles. The molecule has 2 aromatic rings. The second-order valence-corrected chi connectivity index (χ2v) is 9.42. The summed E-state index contributed by atoms with van der Waals surface area (Å²) in [6.45, 7) is 20.5. The van der Waals surface area contributed by atoms with Gasteiger partial charge < -0.3 is 9.80 Å². The Balaban J connectivity index is 0.00000240. The molecule has 174 valence electrons. The third-order valence-electron chi connectivity index (χ3n) is 5.84. The van der Waals surface area contributed by atoms with Crippen molar-refractivity contribution in [2.45, 2.75) is 79.1 Å². The molecule has 0 aliphatic carbocycles. The third kappa shape index (κ3) is 5.69. The molecule has 1 aliphatic heterocycles. The molecule has 2 aromatic carbocycles. The number of halogens is 1. The van der Waals surface area contributed by atoms with E-state index in [1.54, 1.807) is 0 Å². The van der Waals surface area contributed by atoms with Crippen LogP contribution in [0.1, 0.15) is 101 Å². The van der Waals surface area contributed by atoms with Gasteiger partial charge in [-0.3, -0.25) is 0 Å². The first kappa shape index (κ1) is 27.6. The molecule has 1 aliphatic rings. The largest absolute Gasteiger partial charge is 1.00 e. The molecule has 0 radical (unpaired) electrons. The van der Waals surface area contributed by atoms with Gasteiger partial charge in [0.05, 0.1) is 0 Å². The van der Waals surface area contributed by atoms with Crippen molar-refractivity contribution < 1.29 is 17.1 Å². The Morgan fingerprint density at radius 3 is 1.03 bits per heavy atom. The monoisotopic (exact) mass is 488 g/mol. The van der Waals surface area contributed by atoms with Gasteiger partial charge in [0.2, 0.25) is 0 Å². The van der Waals surface area contributed by atoms with Crippen molar-refractivity contribution in [2.75, 3.05) is 9.80 Å². The molecule has 0 amide bonds. The van der Waals surface area contributed by atoms with E-state index in [1.165, 1.54) is 33.6 Å². The number of anilines is 2. The van der Waals surface area contributed by atoms with Gasteiger partial charge in [0.1, 0.15) is 0 Å². The van der Waals surface area contributed by atoms with Crippen LogP contribution in [-0.4, -0.2) is 0 Å². The molecule has 0 fully saturated rings. The zero-order valence-corrected chi connectivity index (χ0v) is 21.9. The molecule has 4 heteroatoms. The SMILES string of the molecule is CC(C)c1cccc(C(C)C)c1N1C=CN(c2c(C(C)C)cccc2C(C)C)[CH-]1.Cl.[Cu+]. The van der Waals surface area contributed by atoms with Crippen molar-refractivity contribution in [3.8, 4) is 0 Å². The summed E-state index contributed by atoms with van der Waals surface area (Å²) in [5, 5.41) is 0. The van der Waals surface area contributed by atoms with Crippen LogP contribution in [0.3, 0.4) is 0 Å². The van der Waals surface area contributed by atoms with E-state index in [1.807, 2.05) is 0 Å². The Morgan fingerprint density at radius 1 is 0.548 bits per heavy atom. The molecule has 0 spiro atoms. The van der Waals surface area contributed by atoms with Gasteiger partial charge in [-0.2, -0.15) is 0 Å². The molecule has 3 rings (SSSR count). The first-order valence-corrected chi connectivity index (χ1v) is 11.1. The molecule has 31 heavy (non-hydrogen) atoms. The van der Waals surface area contributed by atoms with Crippen molar-refractivity contribution in [3.63, 3.8) is 0 Å². The summed E-state index contributed by atoms with van der Waals surface area (Å²) in [5.74, 6) is 1.92. The second-order valence-electron chi connectivity index (χ2n) is 9.42. The predicted octanol–water partition coefficient (Wildman–Crippen LogP) is 8.52. The minimum atomic E-state index is 0. The number of nitrogens with zero attached hydrogens (tertiary/aromatic N) is 2. The normalized spacial score (nSPS) is 13.4. The third-order valence-corrected chi connectivity index (χ3v) is 5.84. The van der Waals surface area contributed by atoms with E-state index < -0.39 is 0 Å². The summed E-state index contributed by atoms with van der Waals surface area (Å²) in [7, 11) is 0. The zero-order valence-electron chi connectivity index (χ0n) is 20.1. The average Bonchev–Trinajstić information content (AvgIpc) is 3.15. The van der Waals surface area contributed by atoms with Crippen molar-refractivity contribution in [1.29, 1.82) is 0 Å². The number of rotatable bonds is 6. The Labute approximate surface area is 207 Å². The number of benzene rings is 2. The van der Waals surface area contributed by atoms with E-state index in [0.717, 1.165) is 0 Å². The van der Waals surface area contributed by atoms with Gasteiger partial charge in [-0.25, -0.2) is 0 Å². The summed E-state index contributed by atoms with van der Waals surface area (Å²) in [6, 6.07) is 13.5. The average molecular weight is 490 g/mol. The van der Waals surface area contributed by atoms with E-state index in [4.69, 9.17) is 0 Å². The Hall–Kier alpha value is -1.41. The molecule has 0 unspecified atom stereocenters. The molecule has 2 nitrogen and oxygen atoms in total. The topological polar surface area (TPSA) is 6.48 Å². The first-order valence-electron chi connectivity index (χ1n) is 11.1. The molecule has 0 saturated carbocycles. The van der Waals surface area contributed by atoms with Gasteiger partial charge in [-0.15, -0.1) is 19.1 Å². The maximum Gasteiger partial charge on any atom is 1.00 e. The van der Waals surface area contributed by atoms with Crippen LogP contribution in [0.15, 0.2) is 48.8 Å². The maximum absolute atomic E-state index is 2.33. The quantitative estimate of drug-likeness (QED) is 0.296. The van der Waals surface area contributed by atoms with E-state index in [2.05, 4.69) is 121 Å². The van der Waals surface area contributed by atoms with Crippen LogP contribution in [0.5, 0.6) is 0 Å². The van der Waals surface area contributed by atoms with Crippen LogP contribution < -0.4 is 9.80 Å². The minimum absolute atomic E-state index is 0. The molecular weight excluding hydrogens is 451 g/mol. The summed E-state index contributed by atoms with van der Waals surface area (Å²) >= 11 is 0. The molecule has 0 bridgehead atoms. The van der Waals surface area contributed by atoms with Gasteiger partial charge in [0, 0.05) is 11.4 Å². The fourth-order valence-corrected chi connectivity index (χ4v) is 4.24. The molecule has 0 N–H and O–H groups in total. The van der Waals surface area contributed by atoms with E-state index in [9.17, 15) is 0 Å². The van der Waals surface area contributed by atoms with Gasteiger partial charge in [0.15, 0.2) is 0 Å². The summed E-state index contributed by atoms with van der Waals surface area (Å²) in [4.78, 5) is 4.65. The second kappa shape index (κ2) is 11.5. The van der Waals surface area contributed by atoms with Crippen LogP contribution in [0.4, 0.5) is 11.4 Å². The minimum Gasteiger partial charge on any atom is -0.479 e. The molecular formula is C27H38ClCuN2. The summed E-state index contributed by atoms with van der Waals surface area (Å²) in [6.07, 6.45) is 4.43. The van der Waals surface area contributed by atoms with Gasteiger partial charge in [-0.1, -0.05) is 91.8 Å². The van der Waals surface area contributed by atoms with Crippen molar-refractivity contribution in [2.24, 2.45) is 0 Å². The predicted molar refractivity (Wildman–Crippen MR) is 135 cm³/mol. The zero-order chi connectivity index (χ0) is 21.3. The van der Waals surface area contributed by atoms with Crippen molar-refractivity contribution in [1.82, 2.24) is 0 Å². The molecule has 0 aromatic heterocycles. The fourth-order valence-electron chi connectivity index (χ4n) is 4.24. The summed E-state index contributed by atoms with van der Waals surface area (Å²) in [5.41, 5.74) is 8.29. The van der Waals surface area contributed by atoms with Crippen molar-refractivity contribution >= 4 is 23.8 Å². The van der Waals surface area contributed by atoms with E-state index >= 15 is 0 Å². The van der Waals surface area contributed by atoms with Crippen LogP contribution in [-0.2, 0) is 17.1 Å². The molecule has 0 atom stereocenters. The first-order chi connectivity index (χ1) is 13.7. The van der Waals surface area contributed by atoms with Gasteiger partial charge in [-0.05, 0) is 58.3 Å². The Bertz CT molecular complexity index is 763. The smallest absolute Gasteiger partial charge is 0.479 e. The van der Waals surface area contributed by atoms with Crippen LogP contribution >= 0.6 is 12.4 Å². The van der Waals surface area contributed by atoms with Crippen LogP contribution in [0, 0.1) is 6.67 Å². The van der Waals surface area contributed by atoms with Gasteiger partial charge in [0.25, 0.3) is 0 Å². The number of hydrogen-bond acceptors (Lipinski definition) is 2. The van der Waals surface area contributed by atoms with E-state index in [0.29, 0.717) is 23.7 Å². The Kier molecular flexibility index (Phi) is 10.2. The number of para-hydroxylation sites is 2. The fraction of sp³-hybridized carbons (Fsp3) is 0.444. The van der Waals surface area contributed by atoms with Crippen molar-refractivity contribution in [3.05, 3.63) is 77.7 Å². The van der Waals surface area contributed by atoms with Crippen LogP contribution in [0.2, 0.25) is 0 Å². The standard InChI is InChI=1S/C27H37N2.ClH.Cu/c1-18(2)22-11-9-12-23(19(3)4)26(22)28-15-16-29(17-28)27-24(20(5)6)13-10-14-25(27)21(7)8;;/h9-21H,1-8H3;1H;/q-1;;+1. The van der Waals surface area contributed by atoms with Gasteiger partial charge >= 0.3 is 17.1 Å². The Morgan fingerprint density at radius 2 is 0.806 bits per heavy atom. The van der Waals surface area contributed by atoms with E-state index in [-0.39, 0.29) is 29.5 Å². The maximum atomic E-state index is 2.33. The number of hydrogen-bond donors (Lipinski definition) is 0.